The van der Waals surface area contributed by atoms with Crippen LogP contribution < -0.4 is 10.1 Å². The molecule has 0 atom stereocenters. The minimum absolute atomic E-state index is 0.152. The molecule has 4 aromatic rings. The minimum atomic E-state index is -0.152. The number of nitrogens with one attached hydrogen (secondary N) is 1. The Hall–Kier alpha value is -3.93. The summed E-state index contributed by atoms with van der Waals surface area (Å²) >= 11 is 0. The first-order chi connectivity index (χ1) is 14.2. The second-order valence-corrected chi connectivity index (χ2v) is 6.43. The lowest BCUT2D eigenvalue weighted by molar-refractivity contribution is 0.0951. The number of aromatic nitrogens is 3. The van der Waals surface area contributed by atoms with E-state index in [2.05, 4.69) is 10.3 Å². The zero-order chi connectivity index (χ0) is 20.1. The van der Waals surface area contributed by atoms with Crippen molar-refractivity contribution in [3.8, 4) is 22.7 Å². The van der Waals surface area contributed by atoms with Crippen LogP contribution in [0.2, 0.25) is 0 Å². The van der Waals surface area contributed by atoms with Crippen molar-refractivity contribution >= 4 is 5.91 Å². The van der Waals surface area contributed by atoms with E-state index in [0.29, 0.717) is 17.9 Å². The van der Waals surface area contributed by atoms with E-state index in [4.69, 9.17) is 9.84 Å². The number of carbonyl (C=O) groups is 1. The van der Waals surface area contributed by atoms with Crippen molar-refractivity contribution in [2.75, 3.05) is 7.11 Å². The summed E-state index contributed by atoms with van der Waals surface area (Å²) in [5.41, 5.74) is 4.21. The molecule has 0 spiro atoms. The lowest BCUT2D eigenvalue weighted by Gasteiger charge is -2.06. The van der Waals surface area contributed by atoms with E-state index in [9.17, 15) is 4.79 Å². The van der Waals surface area contributed by atoms with Gasteiger partial charge in [-0.25, -0.2) is 4.68 Å². The predicted molar refractivity (Wildman–Crippen MR) is 111 cm³/mol. The zero-order valence-corrected chi connectivity index (χ0v) is 15.9. The van der Waals surface area contributed by atoms with Gasteiger partial charge in [0.2, 0.25) is 0 Å². The maximum absolute atomic E-state index is 12.6. The van der Waals surface area contributed by atoms with Crippen molar-refractivity contribution < 1.29 is 9.53 Å². The van der Waals surface area contributed by atoms with E-state index in [0.717, 1.165) is 22.5 Å². The van der Waals surface area contributed by atoms with Crippen LogP contribution in [-0.4, -0.2) is 27.8 Å². The SMILES string of the molecule is COc1ccc(C(=O)NCc2cn(-c3ccccc3)nc2-c2ccncc2)cc1. The van der Waals surface area contributed by atoms with E-state index in [-0.39, 0.29) is 5.91 Å². The molecule has 0 aliphatic rings. The fourth-order valence-corrected chi connectivity index (χ4v) is 3.02. The van der Waals surface area contributed by atoms with Gasteiger partial charge in [0, 0.05) is 41.8 Å². The van der Waals surface area contributed by atoms with Gasteiger partial charge in [-0.05, 0) is 48.5 Å². The molecule has 2 heterocycles. The highest BCUT2D eigenvalue weighted by Gasteiger charge is 2.14. The number of methoxy groups -OCH3 is 1. The van der Waals surface area contributed by atoms with Crippen LogP contribution in [0.1, 0.15) is 15.9 Å². The first-order valence-corrected chi connectivity index (χ1v) is 9.21. The average molecular weight is 384 g/mol. The van der Waals surface area contributed by atoms with Gasteiger partial charge in [-0.2, -0.15) is 5.10 Å². The van der Waals surface area contributed by atoms with Gasteiger partial charge in [0.25, 0.3) is 5.91 Å². The molecule has 1 amide bonds. The number of para-hydroxylation sites is 1. The summed E-state index contributed by atoms with van der Waals surface area (Å²) in [6.45, 7) is 0.357. The van der Waals surface area contributed by atoms with Gasteiger partial charge in [0.05, 0.1) is 18.5 Å². The summed E-state index contributed by atoms with van der Waals surface area (Å²) in [6, 6.07) is 20.7. The molecule has 0 saturated carbocycles. The minimum Gasteiger partial charge on any atom is -0.497 e. The van der Waals surface area contributed by atoms with Crippen LogP contribution in [0, 0.1) is 0 Å². The van der Waals surface area contributed by atoms with Gasteiger partial charge >= 0.3 is 0 Å². The summed E-state index contributed by atoms with van der Waals surface area (Å²) in [4.78, 5) is 16.6. The Kier molecular flexibility index (Phi) is 5.33. The number of rotatable bonds is 6. The van der Waals surface area contributed by atoms with Gasteiger partial charge in [-0.15, -0.1) is 0 Å². The number of benzene rings is 2. The third-order valence-corrected chi connectivity index (χ3v) is 4.56. The number of carbonyl (C=O) groups excluding carboxylic acids is 1. The molecule has 0 unspecified atom stereocenters. The van der Waals surface area contributed by atoms with E-state index < -0.39 is 0 Å². The quantitative estimate of drug-likeness (QED) is 0.548. The van der Waals surface area contributed by atoms with Crippen LogP contribution in [0.3, 0.4) is 0 Å². The van der Waals surface area contributed by atoms with Crippen molar-refractivity contribution in [1.82, 2.24) is 20.1 Å². The molecule has 0 fully saturated rings. The number of pyridine rings is 1. The second kappa shape index (κ2) is 8.39. The van der Waals surface area contributed by atoms with Crippen LogP contribution >= 0.6 is 0 Å². The molecule has 0 radical (unpaired) electrons. The Morgan fingerprint density at radius 1 is 1.00 bits per heavy atom. The summed E-state index contributed by atoms with van der Waals surface area (Å²) < 4.78 is 6.96. The molecule has 2 aromatic heterocycles. The van der Waals surface area contributed by atoms with Crippen molar-refractivity contribution in [3.63, 3.8) is 0 Å². The Labute approximate surface area is 168 Å². The molecular weight excluding hydrogens is 364 g/mol. The highest BCUT2D eigenvalue weighted by molar-refractivity contribution is 5.94. The lowest BCUT2D eigenvalue weighted by atomic mass is 10.1. The summed E-state index contributed by atoms with van der Waals surface area (Å²) in [5, 5.41) is 7.72. The summed E-state index contributed by atoms with van der Waals surface area (Å²) in [5.74, 6) is 0.562. The van der Waals surface area contributed by atoms with Gasteiger partial charge in [0.15, 0.2) is 0 Å². The monoisotopic (exact) mass is 384 g/mol. The van der Waals surface area contributed by atoms with Crippen molar-refractivity contribution in [2.24, 2.45) is 0 Å². The van der Waals surface area contributed by atoms with Crippen LogP contribution in [0.5, 0.6) is 5.75 Å². The Morgan fingerprint density at radius 3 is 2.41 bits per heavy atom. The van der Waals surface area contributed by atoms with Gasteiger partial charge in [-0.1, -0.05) is 18.2 Å². The Morgan fingerprint density at radius 2 is 1.72 bits per heavy atom. The van der Waals surface area contributed by atoms with Crippen LogP contribution in [0.15, 0.2) is 85.3 Å². The fourth-order valence-electron chi connectivity index (χ4n) is 3.02. The van der Waals surface area contributed by atoms with Crippen LogP contribution in [0.25, 0.3) is 16.9 Å². The summed E-state index contributed by atoms with van der Waals surface area (Å²) in [6.07, 6.45) is 5.41. The topological polar surface area (TPSA) is 69.0 Å². The van der Waals surface area contributed by atoms with E-state index >= 15 is 0 Å². The molecule has 0 saturated heterocycles. The number of nitrogens with zero attached hydrogens (tertiary/aromatic N) is 3. The molecule has 4 rings (SSSR count). The molecule has 6 heteroatoms. The third-order valence-electron chi connectivity index (χ3n) is 4.56. The van der Waals surface area contributed by atoms with Gasteiger partial charge in [0.1, 0.15) is 5.75 Å². The van der Waals surface area contributed by atoms with E-state index in [1.807, 2.05) is 53.3 Å². The van der Waals surface area contributed by atoms with Crippen molar-refractivity contribution in [3.05, 3.63) is 96.4 Å². The molecule has 6 nitrogen and oxygen atoms in total. The predicted octanol–water partition coefficient (Wildman–Crippen LogP) is 3.87. The lowest BCUT2D eigenvalue weighted by Crippen LogP contribution is -2.22. The summed E-state index contributed by atoms with van der Waals surface area (Å²) in [7, 11) is 1.60. The van der Waals surface area contributed by atoms with E-state index in [1.165, 1.54) is 0 Å². The molecular formula is C23H20N4O2. The average Bonchev–Trinajstić information content (AvgIpc) is 3.23. The van der Waals surface area contributed by atoms with Crippen molar-refractivity contribution in [1.29, 1.82) is 0 Å². The second-order valence-electron chi connectivity index (χ2n) is 6.43. The normalized spacial score (nSPS) is 10.5. The number of hydrogen-bond acceptors (Lipinski definition) is 4. The molecule has 2 aromatic carbocycles. The maximum atomic E-state index is 12.6. The van der Waals surface area contributed by atoms with Crippen LogP contribution in [0.4, 0.5) is 0 Å². The van der Waals surface area contributed by atoms with E-state index in [1.54, 1.807) is 43.8 Å². The van der Waals surface area contributed by atoms with Crippen LogP contribution in [-0.2, 0) is 6.54 Å². The smallest absolute Gasteiger partial charge is 0.251 e. The van der Waals surface area contributed by atoms with Gasteiger partial charge < -0.3 is 10.1 Å². The van der Waals surface area contributed by atoms with Crippen molar-refractivity contribution in [2.45, 2.75) is 6.54 Å². The number of amides is 1. The molecule has 0 bridgehead atoms. The Bertz CT molecular complexity index is 1090. The number of ether oxygens (including phenoxy) is 1. The molecule has 0 aliphatic carbocycles. The first-order valence-electron chi connectivity index (χ1n) is 9.21. The molecule has 1 N–H and O–H groups in total. The highest BCUT2D eigenvalue weighted by Crippen LogP contribution is 2.23. The number of hydrogen-bond donors (Lipinski definition) is 1. The van der Waals surface area contributed by atoms with Gasteiger partial charge in [-0.3, -0.25) is 9.78 Å². The third kappa shape index (κ3) is 4.16. The highest BCUT2D eigenvalue weighted by atomic mass is 16.5. The largest absolute Gasteiger partial charge is 0.497 e. The zero-order valence-electron chi connectivity index (χ0n) is 15.9. The molecule has 29 heavy (non-hydrogen) atoms. The standard InChI is InChI=1S/C23H20N4O2/c1-29-21-9-7-18(8-10-21)23(28)25-15-19-16-27(20-5-3-2-4-6-20)26-22(19)17-11-13-24-14-12-17/h2-14,16H,15H2,1H3,(H,25,28). The molecule has 0 aliphatic heterocycles. The maximum Gasteiger partial charge on any atom is 0.251 e. The molecule has 144 valence electrons. The fraction of sp³-hybridized carbons (Fsp3) is 0.0870. The first kappa shape index (κ1) is 18.4. The Balaban J connectivity index is 1.60.